The summed E-state index contributed by atoms with van der Waals surface area (Å²) in [5.41, 5.74) is 0.141. The van der Waals surface area contributed by atoms with E-state index in [4.69, 9.17) is 0 Å². The maximum absolute atomic E-state index is 12.3. The van der Waals surface area contributed by atoms with Gasteiger partial charge in [0.1, 0.15) is 5.75 Å². The fraction of sp³-hybridized carbons (Fsp3) is 0.600. The van der Waals surface area contributed by atoms with Gasteiger partial charge in [-0.15, -0.1) is 13.2 Å². The number of para-hydroxylation sites is 1. The van der Waals surface area contributed by atoms with Crippen LogP contribution in [-0.4, -0.2) is 11.5 Å². The predicted octanol–water partition coefficient (Wildman–Crippen LogP) is 4.69. The minimum Gasteiger partial charge on any atom is -0.405 e. The Morgan fingerprint density at radius 1 is 1.15 bits per heavy atom. The van der Waals surface area contributed by atoms with Crippen LogP contribution < -0.4 is 4.74 Å². The first kappa shape index (κ1) is 16.8. The van der Waals surface area contributed by atoms with Crippen molar-refractivity contribution in [2.75, 3.05) is 0 Å². The van der Waals surface area contributed by atoms with Gasteiger partial charge < -0.3 is 9.84 Å². The predicted molar refractivity (Wildman–Crippen MR) is 71.3 cm³/mol. The third-order valence-corrected chi connectivity index (χ3v) is 3.56. The molecule has 0 aliphatic rings. The molecule has 0 aliphatic carbocycles. The number of aliphatic hydroxyl groups is 1. The number of halogens is 3. The van der Waals surface area contributed by atoms with E-state index >= 15 is 0 Å². The fourth-order valence-electron chi connectivity index (χ4n) is 1.79. The van der Waals surface area contributed by atoms with Crippen molar-refractivity contribution < 1.29 is 23.0 Å². The Hall–Kier alpha value is -1.23. The smallest absolute Gasteiger partial charge is 0.405 e. The molecule has 2 unspecified atom stereocenters. The molecule has 2 atom stereocenters. The van der Waals surface area contributed by atoms with E-state index in [2.05, 4.69) is 4.74 Å². The highest BCUT2D eigenvalue weighted by Crippen LogP contribution is 2.37. The van der Waals surface area contributed by atoms with E-state index in [1.165, 1.54) is 18.2 Å². The lowest BCUT2D eigenvalue weighted by molar-refractivity contribution is -0.275. The van der Waals surface area contributed by atoms with Crippen LogP contribution in [0.25, 0.3) is 0 Å². The van der Waals surface area contributed by atoms with Gasteiger partial charge in [-0.25, -0.2) is 0 Å². The lowest BCUT2D eigenvalue weighted by Gasteiger charge is -2.29. The number of ether oxygens (including phenoxy) is 1. The second-order valence-electron chi connectivity index (χ2n) is 6.10. The summed E-state index contributed by atoms with van der Waals surface area (Å²) in [4.78, 5) is 0. The van der Waals surface area contributed by atoms with E-state index in [1.54, 1.807) is 6.07 Å². The summed E-state index contributed by atoms with van der Waals surface area (Å²) in [6.45, 7) is 8.06. The van der Waals surface area contributed by atoms with Crippen LogP contribution in [0.15, 0.2) is 24.3 Å². The third-order valence-electron chi connectivity index (χ3n) is 3.56. The van der Waals surface area contributed by atoms with Gasteiger partial charge in [-0.2, -0.15) is 0 Å². The van der Waals surface area contributed by atoms with Crippen LogP contribution in [0.1, 0.15) is 45.8 Å². The second-order valence-corrected chi connectivity index (χ2v) is 6.10. The molecule has 1 aromatic rings. The van der Waals surface area contributed by atoms with E-state index in [0.717, 1.165) is 0 Å². The van der Waals surface area contributed by atoms with Crippen LogP contribution in [0, 0.1) is 11.3 Å². The maximum Gasteiger partial charge on any atom is 0.573 e. The molecule has 0 aromatic heterocycles. The number of alkyl halides is 3. The van der Waals surface area contributed by atoms with Crippen LogP contribution in [0.3, 0.4) is 0 Å². The number of hydrogen-bond donors (Lipinski definition) is 1. The largest absolute Gasteiger partial charge is 0.573 e. The standard InChI is InChI=1S/C15H21F3O2/c1-10(14(2,3)4)9-12(19)11-7-5-6-8-13(11)20-15(16,17)18/h5-8,10,12,19H,9H2,1-4H3. The number of benzene rings is 1. The van der Waals surface area contributed by atoms with Gasteiger partial charge >= 0.3 is 6.36 Å². The van der Waals surface area contributed by atoms with E-state index in [0.29, 0.717) is 6.42 Å². The van der Waals surface area contributed by atoms with E-state index < -0.39 is 12.5 Å². The van der Waals surface area contributed by atoms with Crippen molar-refractivity contribution in [1.29, 1.82) is 0 Å². The van der Waals surface area contributed by atoms with Crippen LogP contribution in [0.2, 0.25) is 0 Å². The van der Waals surface area contributed by atoms with E-state index in [-0.39, 0.29) is 22.6 Å². The van der Waals surface area contributed by atoms with Gasteiger partial charge in [0.25, 0.3) is 0 Å². The van der Waals surface area contributed by atoms with Crippen LogP contribution in [0.4, 0.5) is 13.2 Å². The van der Waals surface area contributed by atoms with Gasteiger partial charge in [-0.1, -0.05) is 45.9 Å². The van der Waals surface area contributed by atoms with Crippen molar-refractivity contribution in [3.8, 4) is 5.75 Å². The van der Waals surface area contributed by atoms with Crippen molar-refractivity contribution in [3.05, 3.63) is 29.8 Å². The van der Waals surface area contributed by atoms with Gasteiger partial charge in [0.2, 0.25) is 0 Å². The van der Waals surface area contributed by atoms with Crippen molar-refractivity contribution in [2.24, 2.45) is 11.3 Å². The molecule has 2 nitrogen and oxygen atoms in total. The molecule has 0 heterocycles. The molecule has 1 aromatic carbocycles. The van der Waals surface area contributed by atoms with E-state index in [9.17, 15) is 18.3 Å². The summed E-state index contributed by atoms with van der Waals surface area (Å²) in [6, 6.07) is 5.71. The molecule has 20 heavy (non-hydrogen) atoms. The average molecular weight is 290 g/mol. The minimum atomic E-state index is -4.76. The first-order valence-corrected chi connectivity index (χ1v) is 6.53. The van der Waals surface area contributed by atoms with Crippen molar-refractivity contribution in [3.63, 3.8) is 0 Å². The fourth-order valence-corrected chi connectivity index (χ4v) is 1.79. The number of aliphatic hydroxyl groups excluding tert-OH is 1. The molecule has 1 N–H and O–H groups in total. The lowest BCUT2D eigenvalue weighted by atomic mass is 9.78. The summed E-state index contributed by atoms with van der Waals surface area (Å²) < 4.78 is 41.0. The maximum atomic E-state index is 12.3. The lowest BCUT2D eigenvalue weighted by Crippen LogP contribution is -2.21. The molecule has 5 heteroatoms. The first-order valence-electron chi connectivity index (χ1n) is 6.53. The van der Waals surface area contributed by atoms with Gasteiger partial charge in [0, 0.05) is 5.56 Å². The normalized spacial score (nSPS) is 15.8. The highest BCUT2D eigenvalue weighted by atomic mass is 19.4. The Balaban J connectivity index is 2.90. The van der Waals surface area contributed by atoms with Crippen LogP contribution in [-0.2, 0) is 0 Å². The Kier molecular flexibility index (Phi) is 5.08. The molecular formula is C15H21F3O2. The Morgan fingerprint density at radius 3 is 2.20 bits per heavy atom. The summed E-state index contributed by atoms with van der Waals surface area (Å²) >= 11 is 0. The summed E-state index contributed by atoms with van der Waals surface area (Å²) in [5.74, 6) is -0.190. The molecule has 0 fully saturated rings. The quantitative estimate of drug-likeness (QED) is 0.871. The molecule has 1 rings (SSSR count). The molecule has 0 saturated carbocycles. The van der Waals surface area contributed by atoms with Crippen molar-refractivity contribution in [1.82, 2.24) is 0 Å². The monoisotopic (exact) mass is 290 g/mol. The molecule has 0 spiro atoms. The van der Waals surface area contributed by atoms with Gasteiger partial charge in [-0.3, -0.25) is 0 Å². The molecule has 0 aliphatic heterocycles. The molecule has 114 valence electrons. The summed E-state index contributed by atoms with van der Waals surface area (Å²) in [5, 5.41) is 10.2. The molecule has 0 bridgehead atoms. The Morgan fingerprint density at radius 2 is 1.70 bits per heavy atom. The Bertz CT molecular complexity index is 435. The summed E-state index contributed by atoms with van der Waals surface area (Å²) in [7, 11) is 0. The molecule has 0 saturated heterocycles. The van der Waals surface area contributed by atoms with Crippen molar-refractivity contribution in [2.45, 2.75) is 46.6 Å². The SMILES string of the molecule is CC(CC(O)c1ccccc1OC(F)(F)F)C(C)(C)C. The topological polar surface area (TPSA) is 29.5 Å². The summed E-state index contributed by atoms with van der Waals surface area (Å²) in [6.07, 6.45) is -5.37. The van der Waals surface area contributed by atoms with Gasteiger partial charge in [0.05, 0.1) is 6.10 Å². The first-order chi connectivity index (χ1) is 9.00. The highest BCUT2D eigenvalue weighted by molar-refractivity contribution is 5.35. The molecule has 0 radical (unpaired) electrons. The van der Waals surface area contributed by atoms with Crippen LogP contribution >= 0.6 is 0 Å². The zero-order valence-corrected chi connectivity index (χ0v) is 12.2. The zero-order valence-electron chi connectivity index (χ0n) is 12.2. The van der Waals surface area contributed by atoms with E-state index in [1.807, 2.05) is 27.7 Å². The molecule has 0 amide bonds. The second kappa shape index (κ2) is 6.04. The average Bonchev–Trinajstić information content (AvgIpc) is 2.25. The van der Waals surface area contributed by atoms with Crippen molar-refractivity contribution >= 4 is 0 Å². The third kappa shape index (κ3) is 5.04. The number of hydrogen-bond acceptors (Lipinski definition) is 2. The van der Waals surface area contributed by atoms with Gasteiger partial charge in [-0.05, 0) is 23.8 Å². The van der Waals surface area contributed by atoms with Gasteiger partial charge in [0.15, 0.2) is 0 Å². The number of rotatable bonds is 4. The molecular weight excluding hydrogens is 269 g/mol. The Labute approximate surface area is 117 Å². The highest BCUT2D eigenvalue weighted by Gasteiger charge is 2.33. The van der Waals surface area contributed by atoms with Crippen LogP contribution in [0.5, 0.6) is 5.75 Å². The minimum absolute atomic E-state index is 0.0270. The zero-order chi connectivity index (χ0) is 15.6.